The first-order valence-electron chi connectivity index (χ1n) is 4.82. The number of nitriles is 1. The van der Waals surface area contributed by atoms with Gasteiger partial charge in [0.25, 0.3) is 0 Å². The summed E-state index contributed by atoms with van der Waals surface area (Å²) < 4.78 is 5.32. The molecule has 1 unspecified atom stereocenters. The topological polar surface area (TPSA) is 48.6 Å². The highest BCUT2D eigenvalue weighted by Gasteiger charge is 2.25. The molecule has 2 saturated heterocycles. The normalized spacial score (nSPS) is 29.8. The van der Waals surface area contributed by atoms with Gasteiger partial charge in [-0.05, 0) is 6.42 Å². The number of hydrogen-bond donors (Lipinski definition) is 0. The quantitative estimate of drug-likeness (QED) is 0.637. The molecular weight excluding hydrogens is 198 g/mol. The van der Waals surface area contributed by atoms with Crippen molar-refractivity contribution < 1.29 is 4.74 Å². The van der Waals surface area contributed by atoms with E-state index in [9.17, 15) is 0 Å². The average molecular weight is 211 g/mol. The van der Waals surface area contributed by atoms with Crippen molar-refractivity contribution in [2.75, 3.05) is 32.1 Å². The third kappa shape index (κ3) is 2.20. The number of aliphatic imine (C=N–C) groups is 1. The summed E-state index contributed by atoms with van der Waals surface area (Å²) in [5, 5.41) is 9.39. The minimum Gasteiger partial charge on any atom is -0.381 e. The lowest BCUT2D eigenvalue weighted by Gasteiger charge is -2.20. The Balaban J connectivity index is 1.90. The third-order valence-corrected chi connectivity index (χ3v) is 3.51. The molecule has 0 spiro atoms. The lowest BCUT2D eigenvalue weighted by Crippen LogP contribution is -2.30. The molecule has 0 aromatic carbocycles. The van der Waals surface area contributed by atoms with Gasteiger partial charge in [0.15, 0.2) is 5.17 Å². The lowest BCUT2D eigenvalue weighted by molar-refractivity contribution is 0.180. The van der Waals surface area contributed by atoms with E-state index in [2.05, 4.69) is 9.89 Å². The standard InChI is InChI=1S/C9H13N3OS/c10-7-11-9-12(2-4-14-9)5-8-1-3-13-6-8/h8H,1-6H2/b11-9+. The van der Waals surface area contributed by atoms with Crippen molar-refractivity contribution in [2.24, 2.45) is 10.9 Å². The van der Waals surface area contributed by atoms with Crippen LogP contribution >= 0.6 is 11.8 Å². The number of thioether (sulfide) groups is 1. The second-order valence-corrected chi connectivity index (χ2v) is 4.58. The van der Waals surface area contributed by atoms with Gasteiger partial charge in [0.05, 0.1) is 6.61 Å². The smallest absolute Gasteiger partial charge is 0.208 e. The molecule has 1 atom stereocenters. The Hall–Kier alpha value is -0.730. The third-order valence-electron chi connectivity index (χ3n) is 2.51. The zero-order valence-electron chi connectivity index (χ0n) is 7.98. The molecule has 2 fully saturated rings. The zero-order chi connectivity index (χ0) is 9.80. The Kier molecular flexibility index (Phi) is 3.27. The molecule has 2 rings (SSSR count). The number of amidine groups is 1. The van der Waals surface area contributed by atoms with Crippen molar-refractivity contribution in [2.45, 2.75) is 6.42 Å². The molecule has 5 heteroatoms. The summed E-state index contributed by atoms with van der Waals surface area (Å²) in [5.41, 5.74) is 0. The molecule has 2 heterocycles. The molecule has 2 aliphatic rings. The number of rotatable bonds is 2. The largest absolute Gasteiger partial charge is 0.381 e. The van der Waals surface area contributed by atoms with Crippen LogP contribution in [0.25, 0.3) is 0 Å². The molecule has 0 amide bonds. The minimum atomic E-state index is 0.623. The molecule has 14 heavy (non-hydrogen) atoms. The number of ether oxygens (including phenoxy) is 1. The molecule has 2 aliphatic heterocycles. The summed E-state index contributed by atoms with van der Waals surface area (Å²) in [4.78, 5) is 6.02. The van der Waals surface area contributed by atoms with Gasteiger partial charge < -0.3 is 9.64 Å². The van der Waals surface area contributed by atoms with Crippen LogP contribution in [0.1, 0.15) is 6.42 Å². The second-order valence-electron chi connectivity index (χ2n) is 3.52. The van der Waals surface area contributed by atoms with Gasteiger partial charge in [0.1, 0.15) is 0 Å². The molecule has 0 aromatic rings. The van der Waals surface area contributed by atoms with Crippen LogP contribution in [0.3, 0.4) is 0 Å². The van der Waals surface area contributed by atoms with Crippen molar-refractivity contribution >= 4 is 16.9 Å². The molecule has 0 N–H and O–H groups in total. The van der Waals surface area contributed by atoms with E-state index in [1.54, 1.807) is 11.8 Å². The Morgan fingerprint density at radius 1 is 1.71 bits per heavy atom. The highest BCUT2D eigenvalue weighted by molar-refractivity contribution is 8.14. The first-order chi connectivity index (χ1) is 6.90. The van der Waals surface area contributed by atoms with Crippen molar-refractivity contribution in [3.8, 4) is 6.19 Å². The van der Waals surface area contributed by atoms with Crippen molar-refractivity contribution in [3.63, 3.8) is 0 Å². The Morgan fingerprint density at radius 3 is 3.36 bits per heavy atom. The van der Waals surface area contributed by atoms with E-state index in [4.69, 9.17) is 10.00 Å². The van der Waals surface area contributed by atoms with Crippen LogP contribution in [0, 0.1) is 17.4 Å². The fourth-order valence-electron chi connectivity index (χ4n) is 1.79. The van der Waals surface area contributed by atoms with E-state index in [1.807, 2.05) is 6.19 Å². The molecule has 0 radical (unpaired) electrons. The Labute approximate surface area is 87.9 Å². The first-order valence-corrected chi connectivity index (χ1v) is 5.81. The summed E-state index contributed by atoms with van der Waals surface area (Å²) in [6.45, 7) is 3.76. The van der Waals surface area contributed by atoms with Crippen LogP contribution in [0.15, 0.2) is 4.99 Å². The summed E-state index contributed by atoms with van der Waals surface area (Å²) in [7, 11) is 0. The molecule has 0 aromatic heterocycles. The van der Waals surface area contributed by atoms with Gasteiger partial charge in [-0.15, -0.1) is 4.99 Å². The Morgan fingerprint density at radius 2 is 2.64 bits per heavy atom. The lowest BCUT2D eigenvalue weighted by atomic mass is 10.1. The number of hydrogen-bond acceptors (Lipinski definition) is 4. The van der Waals surface area contributed by atoms with E-state index >= 15 is 0 Å². The zero-order valence-corrected chi connectivity index (χ0v) is 8.79. The van der Waals surface area contributed by atoms with Gasteiger partial charge in [0.2, 0.25) is 6.19 Å². The van der Waals surface area contributed by atoms with E-state index < -0.39 is 0 Å². The fraction of sp³-hybridized carbons (Fsp3) is 0.778. The van der Waals surface area contributed by atoms with Gasteiger partial charge in [-0.25, -0.2) is 0 Å². The van der Waals surface area contributed by atoms with Gasteiger partial charge >= 0.3 is 0 Å². The minimum absolute atomic E-state index is 0.623. The van der Waals surface area contributed by atoms with Crippen molar-refractivity contribution in [1.29, 1.82) is 5.26 Å². The van der Waals surface area contributed by atoms with Gasteiger partial charge in [-0.2, -0.15) is 5.26 Å². The van der Waals surface area contributed by atoms with Gasteiger partial charge in [0, 0.05) is 31.4 Å². The van der Waals surface area contributed by atoms with E-state index in [1.165, 1.54) is 0 Å². The van der Waals surface area contributed by atoms with Gasteiger partial charge in [-0.3, -0.25) is 0 Å². The molecular formula is C9H13N3OS. The Bertz CT molecular complexity index is 268. The maximum absolute atomic E-state index is 8.50. The molecule has 0 saturated carbocycles. The van der Waals surface area contributed by atoms with Crippen LogP contribution in [0.4, 0.5) is 0 Å². The van der Waals surface area contributed by atoms with Crippen molar-refractivity contribution in [3.05, 3.63) is 0 Å². The average Bonchev–Trinajstić information content (AvgIpc) is 2.80. The van der Waals surface area contributed by atoms with Crippen LogP contribution in [0.5, 0.6) is 0 Å². The molecule has 0 aliphatic carbocycles. The maximum Gasteiger partial charge on any atom is 0.208 e. The van der Waals surface area contributed by atoms with Crippen LogP contribution in [0.2, 0.25) is 0 Å². The molecule has 76 valence electrons. The van der Waals surface area contributed by atoms with E-state index in [-0.39, 0.29) is 0 Å². The summed E-state index contributed by atoms with van der Waals surface area (Å²) in [5.74, 6) is 1.67. The summed E-state index contributed by atoms with van der Waals surface area (Å²) in [6, 6.07) is 0. The van der Waals surface area contributed by atoms with E-state index in [0.717, 1.165) is 43.6 Å². The van der Waals surface area contributed by atoms with E-state index in [0.29, 0.717) is 5.92 Å². The van der Waals surface area contributed by atoms with Crippen LogP contribution < -0.4 is 0 Å². The molecule has 0 bridgehead atoms. The fourth-order valence-corrected chi connectivity index (χ4v) is 2.74. The molecule has 4 nitrogen and oxygen atoms in total. The predicted molar refractivity (Wildman–Crippen MR) is 56.0 cm³/mol. The summed E-state index contributed by atoms with van der Waals surface area (Å²) >= 11 is 1.67. The van der Waals surface area contributed by atoms with Crippen LogP contribution in [-0.4, -0.2) is 42.1 Å². The van der Waals surface area contributed by atoms with Crippen LogP contribution in [-0.2, 0) is 4.74 Å². The monoisotopic (exact) mass is 211 g/mol. The predicted octanol–water partition coefficient (Wildman–Crippen LogP) is 0.909. The number of nitrogens with zero attached hydrogens (tertiary/aromatic N) is 3. The SMILES string of the molecule is N#C/N=C1/SCCN1CC1CCOC1. The highest BCUT2D eigenvalue weighted by Crippen LogP contribution is 2.22. The second kappa shape index (κ2) is 4.67. The van der Waals surface area contributed by atoms with Crippen molar-refractivity contribution in [1.82, 2.24) is 4.90 Å². The first kappa shape index (κ1) is 9.81. The maximum atomic E-state index is 8.50. The van der Waals surface area contributed by atoms with Gasteiger partial charge in [-0.1, -0.05) is 11.8 Å². The highest BCUT2D eigenvalue weighted by atomic mass is 32.2. The summed E-state index contributed by atoms with van der Waals surface area (Å²) in [6.07, 6.45) is 3.00.